The fourth-order valence-corrected chi connectivity index (χ4v) is 2.21. The van der Waals surface area contributed by atoms with E-state index in [1.54, 1.807) is 36.0 Å². The number of nitrogens with one attached hydrogen (secondary N) is 1. The number of hydrogen-bond donors (Lipinski definition) is 1. The van der Waals surface area contributed by atoms with Crippen molar-refractivity contribution in [3.8, 4) is 0 Å². The second kappa shape index (κ2) is 4.99. The van der Waals surface area contributed by atoms with Crippen LogP contribution < -0.4 is 5.43 Å². The molecular formula is C9H7BrN4S. The number of halogens is 1. The van der Waals surface area contributed by atoms with E-state index in [1.165, 1.54) is 0 Å². The minimum absolute atomic E-state index is 0.490. The lowest BCUT2D eigenvalue weighted by Crippen LogP contribution is -1.94. The Morgan fingerprint density at radius 2 is 2.20 bits per heavy atom. The third-order valence-electron chi connectivity index (χ3n) is 1.51. The third-order valence-corrected chi connectivity index (χ3v) is 3.14. The number of hydrazone groups is 1. The standard InChI is InChI=1S/C9H7BrN4S/c10-7-4-8(15-6-7)5-13-14-9-11-2-1-3-12-9/h1-6H,(H,11,12,14)/b13-5-. The van der Waals surface area contributed by atoms with Gasteiger partial charge in [0.2, 0.25) is 5.95 Å². The maximum Gasteiger partial charge on any atom is 0.243 e. The first-order valence-corrected chi connectivity index (χ1v) is 5.82. The molecule has 0 radical (unpaired) electrons. The molecule has 0 spiro atoms. The van der Waals surface area contributed by atoms with E-state index in [9.17, 15) is 0 Å². The van der Waals surface area contributed by atoms with E-state index in [-0.39, 0.29) is 0 Å². The van der Waals surface area contributed by atoms with Gasteiger partial charge >= 0.3 is 0 Å². The molecule has 0 unspecified atom stereocenters. The number of aromatic nitrogens is 2. The van der Waals surface area contributed by atoms with Gasteiger partial charge < -0.3 is 0 Å². The SMILES string of the molecule is Brc1csc(/C=N\Nc2ncccn2)c1. The Balaban J connectivity index is 1.96. The van der Waals surface area contributed by atoms with Crippen LogP contribution in [0.1, 0.15) is 4.88 Å². The molecule has 0 bridgehead atoms. The summed E-state index contributed by atoms with van der Waals surface area (Å²) in [4.78, 5) is 9.01. The summed E-state index contributed by atoms with van der Waals surface area (Å²) >= 11 is 4.98. The highest BCUT2D eigenvalue weighted by Crippen LogP contribution is 2.17. The van der Waals surface area contributed by atoms with Crippen LogP contribution in [0, 0.1) is 0 Å². The Morgan fingerprint density at radius 1 is 1.40 bits per heavy atom. The molecule has 0 amide bonds. The average Bonchev–Trinajstić information content (AvgIpc) is 2.66. The van der Waals surface area contributed by atoms with E-state index in [2.05, 4.69) is 36.4 Å². The van der Waals surface area contributed by atoms with Crippen LogP contribution in [-0.2, 0) is 0 Å². The molecule has 0 fully saturated rings. The van der Waals surface area contributed by atoms with Crippen LogP contribution in [0.25, 0.3) is 0 Å². The van der Waals surface area contributed by atoms with Gasteiger partial charge in [-0.1, -0.05) is 0 Å². The maximum atomic E-state index is 4.01. The quantitative estimate of drug-likeness (QED) is 0.696. The van der Waals surface area contributed by atoms with Gasteiger partial charge in [0.15, 0.2) is 0 Å². The first-order chi connectivity index (χ1) is 7.34. The van der Waals surface area contributed by atoms with Crippen LogP contribution >= 0.6 is 27.3 Å². The van der Waals surface area contributed by atoms with Gasteiger partial charge in [0.1, 0.15) is 0 Å². The van der Waals surface area contributed by atoms with Gasteiger partial charge in [0.05, 0.1) is 6.21 Å². The molecule has 0 saturated carbocycles. The van der Waals surface area contributed by atoms with Gasteiger partial charge in [0, 0.05) is 27.1 Å². The van der Waals surface area contributed by atoms with Crippen molar-refractivity contribution < 1.29 is 0 Å². The summed E-state index contributed by atoms with van der Waals surface area (Å²) in [6.07, 6.45) is 5.05. The fourth-order valence-electron chi connectivity index (χ4n) is 0.906. The van der Waals surface area contributed by atoms with Crippen LogP contribution in [0.2, 0.25) is 0 Å². The van der Waals surface area contributed by atoms with Crippen LogP contribution in [0.15, 0.2) is 39.5 Å². The van der Waals surface area contributed by atoms with E-state index in [4.69, 9.17) is 0 Å². The summed E-state index contributed by atoms with van der Waals surface area (Å²) in [5.41, 5.74) is 2.74. The lowest BCUT2D eigenvalue weighted by atomic mass is 10.5. The molecule has 0 saturated heterocycles. The Morgan fingerprint density at radius 3 is 2.87 bits per heavy atom. The smallest absolute Gasteiger partial charge is 0.243 e. The number of thiophene rings is 1. The van der Waals surface area contributed by atoms with Crippen LogP contribution in [-0.4, -0.2) is 16.2 Å². The predicted molar refractivity (Wildman–Crippen MR) is 65.3 cm³/mol. The molecule has 1 N–H and O–H groups in total. The highest BCUT2D eigenvalue weighted by Gasteiger charge is 1.93. The highest BCUT2D eigenvalue weighted by molar-refractivity contribution is 9.10. The van der Waals surface area contributed by atoms with Crippen LogP contribution in [0.5, 0.6) is 0 Å². The molecule has 0 aliphatic rings. The molecule has 0 aliphatic carbocycles. The zero-order chi connectivity index (χ0) is 10.5. The molecule has 2 rings (SSSR count). The molecule has 76 valence electrons. The number of nitrogens with zero attached hydrogens (tertiary/aromatic N) is 3. The molecule has 0 aliphatic heterocycles. The summed E-state index contributed by atoms with van der Waals surface area (Å²) in [7, 11) is 0. The molecule has 6 heteroatoms. The van der Waals surface area contributed by atoms with Gasteiger partial charge in [-0.25, -0.2) is 15.4 Å². The Hall–Kier alpha value is -1.27. The van der Waals surface area contributed by atoms with E-state index >= 15 is 0 Å². The molecule has 15 heavy (non-hydrogen) atoms. The highest BCUT2D eigenvalue weighted by atomic mass is 79.9. The van der Waals surface area contributed by atoms with Gasteiger partial charge in [-0.3, -0.25) is 0 Å². The fraction of sp³-hybridized carbons (Fsp3) is 0. The van der Waals surface area contributed by atoms with Gasteiger partial charge in [-0.15, -0.1) is 11.3 Å². The summed E-state index contributed by atoms with van der Waals surface area (Å²) in [5.74, 6) is 0.490. The van der Waals surface area contributed by atoms with Gasteiger partial charge in [-0.05, 0) is 28.1 Å². The van der Waals surface area contributed by atoms with Crippen LogP contribution in [0.4, 0.5) is 5.95 Å². The van der Waals surface area contributed by atoms with Crippen molar-refractivity contribution in [2.75, 3.05) is 5.43 Å². The second-order valence-corrected chi connectivity index (χ2v) is 4.47. The molecule has 0 aromatic carbocycles. The van der Waals surface area contributed by atoms with Crippen molar-refractivity contribution in [3.05, 3.63) is 39.3 Å². The Kier molecular flexibility index (Phi) is 3.41. The monoisotopic (exact) mass is 282 g/mol. The second-order valence-electron chi connectivity index (χ2n) is 2.61. The summed E-state index contributed by atoms with van der Waals surface area (Å²) < 4.78 is 1.06. The van der Waals surface area contributed by atoms with E-state index in [0.29, 0.717) is 5.95 Å². The molecule has 2 aromatic heterocycles. The lowest BCUT2D eigenvalue weighted by Gasteiger charge is -1.94. The molecule has 4 nitrogen and oxygen atoms in total. The summed E-state index contributed by atoms with van der Waals surface area (Å²) in [6, 6.07) is 3.74. The lowest BCUT2D eigenvalue weighted by molar-refractivity contribution is 1.12. The normalized spacial score (nSPS) is 10.7. The minimum atomic E-state index is 0.490. The average molecular weight is 283 g/mol. The Labute approximate surface area is 99.2 Å². The third kappa shape index (κ3) is 3.10. The molecule has 0 atom stereocenters. The van der Waals surface area contributed by atoms with Gasteiger partial charge in [0.25, 0.3) is 0 Å². The first-order valence-electron chi connectivity index (χ1n) is 4.15. The van der Waals surface area contributed by atoms with Crippen molar-refractivity contribution in [2.24, 2.45) is 5.10 Å². The van der Waals surface area contributed by atoms with Crippen molar-refractivity contribution in [3.63, 3.8) is 0 Å². The van der Waals surface area contributed by atoms with Crippen molar-refractivity contribution in [1.82, 2.24) is 9.97 Å². The number of hydrogen-bond acceptors (Lipinski definition) is 5. The zero-order valence-electron chi connectivity index (χ0n) is 7.59. The van der Waals surface area contributed by atoms with Crippen molar-refractivity contribution in [2.45, 2.75) is 0 Å². The predicted octanol–water partition coefficient (Wildman–Crippen LogP) is 2.75. The van der Waals surface area contributed by atoms with Crippen molar-refractivity contribution >= 4 is 39.4 Å². The van der Waals surface area contributed by atoms with Gasteiger partial charge in [-0.2, -0.15) is 5.10 Å². The van der Waals surface area contributed by atoms with E-state index in [0.717, 1.165) is 9.35 Å². The van der Waals surface area contributed by atoms with Crippen molar-refractivity contribution in [1.29, 1.82) is 0 Å². The largest absolute Gasteiger partial charge is 0.245 e. The maximum absolute atomic E-state index is 4.01. The van der Waals surface area contributed by atoms with E-state index < -0.39 is 0 Å². The Bertz CT molecular complexity index is 454. The minimum Gasteiger partial charge on any atom is -0.245 e. The molecule has 2 aromatic rings. The number of rotatable bonds is 3. The zero-order valence-corrected chi connectivity index (χ0v) is 9.99. The van der Waals surface area contributed by atoms with Crippen LogP contribution in [0.3, 0.4) is 0 Å². The first kappa shape index (κ1) is 10.3. The number of anilines is 1. The molecular weight excluding hydrogens is 276 g/mol. The summed E-state index contributed by atoms with van der Waals surface area (Å²) in [6.45, 7) is 0. The molecule has 2 heterocycles. The van der Waals surface area contributed by atoms with E-state index in [1.807, 2.05) is 11.4 Å². The summed E-state index contributed by atoms with van der Waals surface area (Å²) in [5, 5.41) is 6.02. The topological polar surface area (TPSA) is 50.2 Å².